The molecule has 0 aromatic heterocycles. The van der Waals surface area contributed by atoms with Crippen LogP contribution >= 0.6 is 0 Å². The predicted octanol–water partition coefficient (Wildman–Crippen LogP) is 4.86. The first-order chi connectivity index (χ1) is 10.1. The summed E-state index contributed by atoms with van der Waals surface area (Å²) in [5.41, 5.74) is 4.18. The summed E-state index contributed by atoms with van der Waals surface area (Å²) in [6.45, 7) is 13.6. The van der Waals surface area contributed by atoms with Gasteiger partial charge in [-0.2, -0.15) is 0 Å². The van der Waals surface area contributed by atoms with E-state index in [2.05, 4.69) is 63.4 Å². The molecule has 1 aromatic carbocycles. The third-order valence-corrected chi connectivity index (χ3v) is 3.30. The summed E-state index contributed by atoms with van der Waals surface area (Å²) in [6.07, 6.45) is 7.60. The second kappa shape index (κ2) is 8.86. The Bertz CT molecular complexity index is 567. The SMILES string of the molecule is C=CC(=C)C(=C)/C=C\C=C/[B]C(C)c1ccccc1NC. The molecule has 0 aliphatic heterocycles. The molecular weight excluding hydrogens is 253 g/mol. The molecule has 1 rings (SSSR count). The van der Waals surface area contributed by atoms with Crippen LogP contribution in [0.5, 0.6) is 0 Å². The summed E-state index contributed by atoms with van der Waals surface area (Å²) in [5, 5.41) is 3.22. The molecule has 1 atom stereocenters. The lowest BCUT2D eigenvalue weighted by molar-refractivity contribution is 1.07. The number of anilines is 1. The van der Waals surface area contributed by atoms with Crippen molar-refractivity contribution in [1.82, 2.24) is 0 Å². The first-order valence-electron chi connectivity index (χ1n) is 7.05. The van der Waals surface area contributed by atoms with Gasteiger partial charge in [-0.25, -0.2) is 0 Å². The average molecular weight is 276 g/mol. The molecule has 0 saturated carbocycles. The number of rotatable bonds is 8. The second-order valence-corrected chi connectivity index (χ2v) is 4.82. The Kier molecular flexibility index (Phi) is 7.10. The Hall–Kier alpha value is -2.22. The van der Waals surface area contributed by atoms with E-state index in [0.717, 1.165) is 11.1 Å². The van der Waals surface area contributed by atoms with Crippen LogP contribution < -0.4 is 5.32 Å². The van der Waals surface area contributed by atoms with Crippen molar-refractivity contribution in [2.45, 2.75) is 12.7 Å². The molecule has 2 heteroatoms. The van der Waals surface area contributed by atoms with E-state index < -0.39 is 0 Å². The van der Waals surface area contributed by atoms with Gasteiger partial charge < -0.3 is 5.32 Å². The van der Waals surface area contributed by atoms with E-state index in [0.29, 0.717) is 5.82 Å². The molecule has 1 radical (unpaired) electrons. The van der Waals surface area contributed by atoms with Gasteiger partial charge in [-0.1, -0.05) is 69.2 Å². The lowest BCUT2D eigenvalue weighted by Gasteiger charge is -2.13. The van der Waals surface area contributed by atoms with E-state index >= 15 is 0 Å². The highest BCUT2D eigenvalue weighted by Crippen LogP contribution is 2.23. The highest BCUT2D eigenvalue weighted by molar-refractivity contribution is 6.44. The Balaban J connectivity index is 2.57. The van der Waals surface area contributed by atoms with Gasteiger partial charge in [-0.05, 0) is 28.6 Å². The minimum atomic E-state index is 0.352. The first-order valence-corrected chi connectivity index (χ1v) is 7.05. The van der Waals surface area contributed by atoms with E-state index in [9.17, 15) is 0 Å². The van der Waals surface area contributed by atoms with E-state index in [1.165, 1.54) is 11.3 Å². The van der Waals surface area contributed by atoms with Crippen LogP contribution in [0.1, 0.15) is 18.3 Å². The Morgan fingerprint density at radius 2 is 1.90 bits per heavy atom. The fraction of sp³-hybridized carbons (Fsp3) is 0.158. The highest BCUT2D eigenvalue weighted by Gasteiger charge is 2.08. The fourth-order valence-electron chi connectivity index (χ4n) is 1.93. The molecule has 1 N–H and O–H groups in total. The van der Waals surface area contributed by atoms with Gasteiger partial charge in [0.25, 0.3) is 0 Å². The van der Waals surface area contributed by atoms with Crippen molar-refractivity contribution in [3.8, 4) is 0 Å². The third kappa shape index (κ3) is 5.35. The molecule has 0 spiro atoms. The lowest BCUT2D eigenvalue weighted by atomic mass is 9.62. The van der Waals surface area contributed by atoms with Crippen LogP contribution in [0.15, 0.2) is 85.4 Å². The third-order valence-electron chi connectivity index (χ3n) is 3.30. The van der Waals surface area contributed by atoms with Crippen molar-refractivity contribution in [1.29, 1.82) is 0 Å². The van der Waals surface area contributed by atoms with Gasteiger partial charge in [0.1, 0.15) is 7.28 Å². The number of para-hydroxylation sites is 1. The van der Waals surface area contributed by atoms with Gasteiger partial charge in [0.05, 0.1) is 0 Å². The van der Waals surface area contributed by atoms with Gasteiger partial charge in [-0.3, -0.25) is 0 Å². The predicted molar refractivity (Wildman–Crippen MR) is 96.9 cm³/mol. The van der Waals surface area contributed by atoms with E-state index in [1.807, 2.05) is 31.3 Å². The molecule has 0 fully saturated rings. The van der Waals surface area contributed by atoms with E-state index in [4.69, 9.17) is 0 Å². The van der Waals surface area contributed by atoms with Crippen LogP contribution in [-0.4, -0.2) is 14.3 Å². The van der Waals surface area contributed by atoms with Crippen LogP contribution in [0.4, 0.5) is 5.69 Å². The standard InChI is InChI=1S/C19H23BN/c1-6-15(2)16(3)11-9-10-14-20-17(4)18-12-7-8-13-19(18)21-5/h6-14,17,21H,1-3H2,4-5H3/b11-9-,14-10-. The number of nitrogens with one attached hydrogen (secondary N) is 1. The quantitative estimate of drug-likeness (QED) is 0.528. The van der Waals surface area contributed by atoms with E-state index in [1.54, 1.807) is 6.08 Å². The zero-order valence-corrected chi connectivity index (χ0v) is 13.0. The molecule has 21 heavy (non-hydrogen) atoms. The molecule has 107 valence electrons. The van der Waals surface area contributed by atoms with Crippen molar-refractivity contribution < 1.29 is 0 Å². The van der Waals surface area contributed by atoms with Crippen LogP contribution in [0, 0.1) is 0 Å². The molecule has 1 unspecified atom stereocenters. The van der Waals surface area contributed by atoms with E-state index in [-0.39, 0.29) is 0 Å². The molecular formula is C19H23BN. The first kappa shape index (κ1) is 16.8. The molecule has 1 nitrogen and oxygen atoms in total. The smallest absolute Gasteiger partial charge is 0.150 e. The molecule has 0 aliphatic carbocycles. The van der Waals surface area contributed by atoms with Gasteiger partial charge in [0, 0.05) is 12.7 Å². The summed E-state index contributed by atoms with van der Waals surface area (Å²) in [6, 6.07) is 8.34. The maximum Gasteiger partial charge on any atom is 0.150 e. The number of hydrogen-bond acceptors (Lipinski definition) is 1. The summed E-state index contributed by atoms with van der Waals surface area (Å²) in [4.78, 5) is 0. The Morgan fingerprint density at radius 3 is 2.57 bits per heavy atom. The summed E-state index contributed by atoms with van der Waals surface area (Å²) in [5.74, 6) is 2.40. The van der Waals surface area contributed by atoms with Crippen molar-refractivity contribution >= 4 is 13.0 Å². The zero-order valence-electron chi connectivity index (χ0n) is 13.0. The molecule has 0 bridgehead atoms. The lowest BCUT2D eigenvalue weighted by Crippen LogP contribution is -2.05. The summed E-state index contributed by atoms with van der Waals surface area (Å²) in [7, 11) is 4.12. The minimum absolute atomic E-state index is 0.352. The Labute approximate surface area is 129 Å². The fourth-order valence-corrected chi connectivity index (χ4v) is 1.93. The molecule has 0 aliphatic rings. The highest BCUT2D eigenvalue weighted by atomic mass is 14.8. The van der Waals surface area contributed by atoms with Crippen molar-refractivity contribution in [3.05, 3.63) is 91.0 Å². The van der Waals surface area contributed by atoms with Gasteiger partial charge >= 0.3 is 0 Å². The minimum Gasteiger partial charge on any atom is -0.388 e. The van der Waals surface area contributed by atoms with Crippen molar-refractivity contribution in [2.75, 3.05) is 12.4 Å². The Morgan fingerprint density at radius 1 is 1.19 bits per heavy atom. The van der Waals surface area contributed by atoms with Crippen LogP contribution in [0.2, 0.25) is 0 Å². The van der Waals surface area contributed by atoms with Crippen LogP contribution in [0.25, 0.3) is 0 Å². The van der Waals surface area contributed by atoms with Gasteiger partial charge in [-0.15, -0.1) is 5.98 Å². The summed E-state index contributed by atoms with van der Waals surface area (Å²) < 4.78 is 0. The molecule has 0 heterocycles. The normalized spacial score (nSPS) is 12.3. The van der Waals surface area contributed by atoms with Crippen LogP contribution in [-0.2, 0) is 0 Å². The van der Waals surface area contributed by atoms with Gasteiger partial charge in [0.15, 0.2) is 0 Å². The molecule has 1 aromatic rings. The van der Waals surface area contributed by atoms with Crippen LogP contribution in [0.3, 0.4) is 0 Å². The zero-order chi connectivity index (χ0) is 15.7. The number of benzene rings is 1. The average Bonchev–Trinajstić information content (AvgIpc) is 2.53. The van der Waals surface area contributed by atoms with Crippen molar-refractivity contribution in [3.63, 3.8) is 0 Å². The monoisotopic (exact) mass is 276 g/mol. The maximum atomic E-state index is 3.92. The number of allylic oxidation sites excluding steroid dienone is 6. The topological polar surface area (TPSA) is 12.0 Å². The largest absolute Gasteiger partial charge is 0.388 e. The van der Waals surface area contributed by atoms with Crippen molar-refractivity contribution in [2.24, 2.45) is 0 Å². The second-order valence-electron chi connectivity index (χ2n) is 4.82. The molecule has 0 amide bonds. The van der Waals surface area contributed by atoms with Gasteiger partial charge in [0.2, 0.25) is 0 Å². The number of hydrogen-bond donors (Lipinski definition) is 1. The molecule has 0 saturated heterocycles. The summed E-state index contributed by atoms with van der Waals surface area (Å²) >= 11 is 0. The maximum absolute atomic E-state index is 3.92.